The quantitative estimate of drug-likeness (QED) is 0.480. The Morgan fingerprint density at radius 2 is 1.90 bits per heavy atom. The van der Waals surface area contributed by atoms with E-state index in [0.29, 0.717) is 34.4 Å². The molecule has 0 spiro atoms. The largest absolute Gasteiger partial charge is 0.339 e. The van der Waals surface area contributed by atoms with E-state index in [4.69, 9.17) is 4.52 Å². The maximum absolute atomic E-state index is 13.1. The maximum atomic E-state index is 13.1. The molecule has 0 aliphatic rings. The standard InChI is InChI=1S/C22H17N7O2/c1-13-3-4-15(21-26-14(2)31-28-21)9-17(13)27-22(30)19-11-25-20-6-5-16(12-29(19)20)18-10-23-7-8-24-18/h3-12H,1-2H3,(H,27,30). The number of amides is 1. The summed E-state index contributed by atoms with van der Waals surface area (Å²) < 4.78 is 6.79. The number of nitrogens with one attached hydrogen (secondary N) is 1. The molecule has 1 N–H and O–H groups in total. The predicted molar refractivity (Wildman–Crippen MR) is 113 cm³/mol. The third-order valence-electron chi connectivity index (χ3n) is 4.87. The van der Waals surface area contributed by atoms with Gasteiger partial charge in [-0.1, -0.05) is 17.3 Å². The minimum Gasteiger partial charge on any atom is -0.339 e. The van der Waals surface area contributed by atoms with Crippen LogP contribution in [0.5, 0.6) is 0 Å². The first-order valence-electron chi connectivity index (χ1n) is 9.55. The minimum absolute atomic E-state index is 0.284. The van der Waals surface area contributed by atoms with Crippen molar-refractivity contribution in [1.29, 1.82) is 0 Å². The van der Waals surface area contributed by atoms with Gasteiger partial charge in [-0.2, -0.15) is 4.98 Å². The molecule has 4 heterocycles. The number of fused-ring (bicyclic) bond motifs is 1. The van der Waals surface area contributed by atoms with Gasteiger partial charge < -0.3 is 9.84 Å². The second-order valence-corrected chi connectivity index (χ2v) is 7.00. The molecule has 0 unspecified atom stereocenters. The number of pyridine rings is 1. The molecule has 31 heavy (non-hydrogen) atoms. The molecular weight excluding hydrogens is 394 g/mol. The number of hydrogen-bond acceptors (Lipinski definition) is 7. The van der Waals surface area contributed by atoms with E-state index >= 15 is 0 Å². The lowest BCUT2D eigenvalue weighted by atomic mass is 10.1. The summed E-state index contributed by atoms with van der Waals surface area (Å²) in [6.07, 6.45) is 8.29. The fourth-order valence-corrected chi connectivity index (χ4v) is 3.25. The predicted octanol–water partition coefficient (Wildman–Crippen LogP) is 3.71. The smallest absolute Gasteiger partial charge is 0.274 e. The molecule has 9 heteroatoms. The highest BCUT2D eigenvalue weighted by Crippen LogP contribution is 2.24. The van der Waals surface area contributed by atoms with E-state index in [0.717, 1.165) is 16.7 Å². The Morgan fingerprint density at radius 1 is 1.03 bits per heavy atom. The molecule has 9 nitrogen and oxygen atoms in total. The van der Waals surface area contributed by atoms with E-state index in [-0.39, 0.29) is 5.91 Å². The Labute approximate surface area is 176 Å². The molecule has 0 saturated heterocycles. The maximum Gasteiger partial charge on any atom is 0.274 e. The Balaban J connectivity index is 1.48. The summed E-state index contributed by atoms with van der Waals surface area (Å²) >= 11 is 0. The normalized spacial score (nSPS) is 11.0. The summed E-state index contributed by atoms with van der Waals surface area (Å²) in [4.78, 5) is 30.1. The van der Waals surface area contributed by atoms with Crippen molar-refractivity contribution >= 4 is 17.2 Å². The van der Waals surface area contributed by atoms with Gasteiger partial charge in [0.25, 0.3) is 5.91 Å². The van der Waals surface area contributed by atoms with Crippen molar-refractivity contribution in [3.63, 3.8) is 0 Å². The summed E-state index contributed by atoms with van der Waals surface area (Å²) in [5, 5.41) is 6.91. The summed E-state index contributed by atoms with van der Waals surface area (Å²) in [5.74, 6) is 0.663. The van der Waals surface area contributed by atoms with Crippen molar-refractivity contribution < 1.29 is 9.32 Å². The fraction of sp³-hybridized carbons (Fsp3) is 0.0909. The zero-order valence-corrected chi connectivity index (χ0v) is 16.8. The molecule has 0 aliphatic heterocycles. The second kappa shape index (κ2) is 7.45. The highest BCUT2D eigenvalue weighted by molar-refractivity contribution is 6.04. The lowest BCUT2D eigenvalue weighted by Gasteiger charge is -2.10. The first-order chi connectivity index (χ1) is 15.1. The van der Waals surface area contributed by atoms with Gasteiger partial charge in [-0.25, -0.2) is 4.98 Å². The third kappa shape index (κ3) is 3.52. The Morgan fingerprint density at radius 3 is 2.68 bits per heavy atom. The number of anilines is 1. The average Bonchev–Trinajstić information content (AvgIpc) is 3.41. The summed E-state index contributed by atoms with van der Waals surface area (Å²) in [6, 6.07) is 9.35. The molecule has 152 valence electrons. The van der Waals surface area contributed by atoms with E-state index in [1.54, 1.807) is 36.1 Å². The van der Waals surface area contributed by atoms with Crippen molar-refractivity contribution in [1.82, 2.24) is 29.5 Å². The number of nitrogens with zero attached hydrogens (tertiary/aromatic N) is 6. The van der Waals surface area contributed by atoms with Gasteiger partial charge in [0.05, 0.1) is 18.1 Å². The Hall–Kier alpha value is -4.40. The molecule has 0 bridgehead atoms. The number of carbonyl (C=O) groups excluding carboxylic acids is 1. The summed E-state index contributed by atoms with van der Waals surface area (Å²) in [5.41, 5.74) is 4.92. The molecule has 0 aliphatic carbocycles. The van der Waals surface area contributed by atoms with Crippen molar-refractivity contribution in [2.24, 2.45) is 0 Å². The second-order valence-electron chi connectivity index (χ2n) is 7.00. The van der Waals surface area contributed by atoms with Gasteiger partial charge in [-0.05, 0) is 30.7 Å². The molecule has 4 aromatic heterocycles. The molecule has 5 aromatic rings. The van der Waals surface area contributed by atoms with Crippen LogP contribution in [0, 0.1) is 13.8 Å². The van der Waals surface area contributed by atoms with Crippen molar-refractivity contribution in [3.8, 4) is 22.6 Å². The molecule has 5 rings (SSSR count). The number of aromatic nitrogens is 6. The molecule has 0 saturated carbocycles. The number of rotatable bonds is 4. The van der Waals surface area contributed by atoms with E-state index in [2.05, 4.69) is 30.4 Å². The number of imidazole rings is 1. The Bertz CT molecular complexity index is 1410. The highest BCUT2D eigenvalue weighted by atomic mass is 16.5. The van der Waals surface area contributed by atoms with Gasteiger partial charge in [0.15, 0.2) is 0 Å². The van der Waals surface area contributed by atoms with Crippen LogP contribution in [0.2, 0.25) is 0 Å². The van der Waals surface area contributed by atoms with Crippen molar-refractivity contribution in [2.75, 3.05) is 5.32 Å². The number of aryl methyl sites for hydroxylation is 2. The summed E-state index contributed by atoms with van der Waals surface area (Å²) in [7, 11) is 0. The lowest BCUT2D eigenvalue weighted by molar-refractivity contribution is 0.102. The topological polar surface area (TPSA) is 111 Å². The van der Waals surface area contributed by atoms with Crippen LogP contribution < -0.4 is 5.32 Å². The van der Waals surface area contributed by atoms with Gasteiger partial charge in [0.2, 0.25) is 11.7 Å². The lowest BCUT2D eigenvalue weighted by Crippen LogP contribution is -2.15. The van der Waals surface area contributed by atoms with E-state index < -0.39 is 0 Å². The number of hydrogen-bond donors (Lipinski definition) is 1. The molecular formula is C22H17N7O2. The van der Waals surface area contributed by atoms with Gasteiger partial charge in [-0.15, -0.1) is 0 Å². The van der Waals surface area contributed by atoms with Gasteiger partial charge in [0.1, 0.15) is 11.3 Å². The van der Waals surface area contributed by atoms with Crippen LogP contribution in [0.4, 0.5) is 5.69 Å². The molecule has 1 aromatic carbocycles. The molecule has 0 radical (unpaired) electrons. The molecule has 0 fully saturated rings. The van der Waals surface area contributed by atoms with E-state index in [1.807, 2.05) is 43.5 Å². The summed E-state index contributed by atoms with van der Waals surface area (Å²) in [6.45, 7) is 3.65. The van der Waals surface area contributed by atoms with Crippen LogP contribution in [-0.2, 0) is 0 Å². The van der Waals surface area contributed by atoms with E-state index in [9.17, 15) is 4.79 Å². The van der Waals surface area contributed by atoms with Crippen LogP contribution in [0.25, 0.3) is 28.3 Å². The van der Waals surface area contributed by atoms with Gasteiger partial charge in [-0.3, -0.25) is 19.2 Å². The number of benzene rings is 1. The zero-order chi connectivity index (χ0) is 21.4. The van der Waals surface area contributed by atoms with Crippen LogP contribution >= 0.6 is 0 Å². The van der Waals surface area contributed by atoms with Crippen molar-refractivity contribution in [3.05, 3.63) is 78.5 Å². The van der Waals surface area contributed by atoms with Crippen molar-refractivity contribution in [2.45, 2.75) is 13.8 Å². The van der Waals surface area contributed by atoms with Crippen LogP contribution in [0.3, 0.4) is 0 Å². The van der Waals surface area contributed by atoms with Gasteiger partial charge >= 0.3 is 0 Å². The number of carbonyl (C=O) groups is 1. The minimum atomic E-state index is -0.284. The zero-order valence-electron chi connectivity index (χ0n) is 16.8. The average molecular weight is 411 g/mol. The highest BCUT2D eigenvalue weighted by Gasteiger charge is 2.16. The first kappa shape index (κ1) is 18.6. The van der Waals surface area contributed by atoms with E-state index in [1.165, 1.54) is 0 Å². The third-order valence-corrected chi connectivity index (χ3v) is 4.87. The van der Waals surface area contributed by atoms with Crippen LogP contribution in [0.15, 0.2) is 65.8 Å². The Kier molecular flexibility index (Phi) is 4.47. The fourth-order valence-electron chi connectivity index (χ4n) is 3.25. The molecule has 1 amide bonds. The molecule has 0 atom stereocenters. The SMILES string of the molecule is Cc1nc(-c2ccc(C)c(NC(=O)c3cnc4ccc(-c5cnccn5)cn34)c2)no1. The van der Waals surface area contributed by atoms with Crippen LogP contribution in [0.1, 0.15) is 21.9 Å². The van der Waals surface area contributed by atoms with Crippen LogP contribution in [-0.4, -0.2) is 35.4 Å². The van der Waals surface area contributed by atoms with Gasteiger partial charge in [0, 0.05) is 42.3 Å². The first-order valence-corrected chi connectivity index (χ1v) is 9.55. The monoisotopic (exact) mass is 411 g/mol.